The first-order valence-corrected chi connectivity index (χ1v) is 8.89. The second kappa shape index (κ2) is 7.14. The third kappa shape index (κ3) is 3.28. The van der Waals surface area contributed by atoms with E-state index in [0.717, 1.165) is 29.0 Å². The molecule has 4 rings (SSSR count). The summed E-state index contributed by atoms with van der Waals surface area (Å²) in [5.74, 6) is -3.84. The molecule has 1 atom stereocenters. The number of carbonyl (C=O) groups excluding carboxylic acids is 1. The Labute approximate surface area is 159 Å². The van der Waals surface area contributed by atoms with Gasteiger partial charge in [-0.1, -0.05) is 35.5 Å². The number of amides is 1. The van der Waals surface area contributed by atoms with Crippen LogP contribution in [0.15, 0.2) is 47.0 Å². The first-order valence-electron chi connectivity index (χ1n) is 8.89. The SMILES string of the molecule is C[C@H]1Cc2noc(-c3ccccc3)c2CN1C(=O)Cc1cc(F)c(F)c(F)c1. The standard InChI is InChI=1S/C21H17F3N2O2/c1-12-7-18-15(21(28-25-18)14-5-3-2-4-6-14)11-26(12)19(27)10-13-8-16(22)20(24)17(23)9-13/h2-6,8-9,12H,7,10-11H2,1H3/t12-/m0/s1. The highest BCUT2D eigenvalue weighted by molar-refractivity contribution is 5.80. The number of aromatic nitrogens is 1. The maximum absolute atomic E-state index is 13.4. The first kappa shape index (κ1) is 18.3. The highest BCUT2D eigenvalue weighted by Crippen LogP contribution is 2.32. The van der Waals surface area contributed by atoms with Crippen molar-refractivity contribution in [1.29, 1.82) is 0 Å². The fourth-order valence-corrected chi connectivity index (χ4v) is 3.52. The molecule has 7 heteroatoms. The van der Waals surface area contributed by atoms with Crippen molar-refractivity contribution in [3.8, 4) is 11.3 Å². The Bertz CT molecular complexity index is 1010. The van der Waals surface area contributed by atoms with Crippen LogP contribution in [0.2, 0.25) is 0 Å². The van der Waals surface area contributed by atoms with Crippen molar-refractivity contribution in [2.45, 2.75) is 32.4 Å². The molecule has 3 aromatic rings. The normalized spacial score (nSPS) is 16.1. The third-order valence-corrected chi connectivity index (χ3v) is 4.97. The summed E-state index contributed by atoms with van der Waals surface area (Å²) >= 11 is 0. The van der Waals surface area contributed by atoms with E-state index in [-0.39, 0.29) is 30.5 Å². The van der Waals surface area contributed by atoms with Gasteiger partial charge in [0.05, 0.1) is 18.7 Å². The van der Waals surface area contributed by atoms with Crippen LogP contribution in [0.25, 0.3) is 11.3 Å². The Morgan fingerprint density at radius 3 is 2.54 bits per heavy atom. The Kier molecular flexibility index (Phi) is 4.66. The second-order valence-corrected chi connectivity index (χ2v) is 6.93. The number of benzene rings is 2. The van der Waals surface area contributed by atoms with Crippen molar-refractivity contribution in [2.24, 2.45) is 0 Å². The van der Waals surface area contributed by atoms with Crippen molar-refractivity contribution >= 4 is 5.91 Å². The van der Waals surface area contributed by atoms with Crippen LogP contribution in [0.5, 0.6) is 0 Å². The van der Waals surface area contributed by atoms with E-state index in [4.69, 9.17) is 4.52 Å². The van der Waals surface area contributed by atoms with Crippen LogP contribution in [-0.4, -0.2) is 22.0 Å². The van der Waals surface area contributed by atoms with E-state index >= 15 is 0 Å². The van der Waals surface area contributed by atoms with Crippen molar-refractivity contribution in [3.63, 3.8) is 0 Å². The summed E-state index contributed by atoms with van der Waals surface area (Å²) in [5, 5.41) is 4.14. The monoisotopic (exact) mass is 386 g/mol. The minimum absolute atomic E-state index is 0.0907. The summed E-state index contributed by atoms with van der Waals surface area (Å²) in [6.45, 7) is 2.17. The number of hydrogen-bond donors (Lipinski definition) is 0. The molecule has 144 valence electrons. The Balaban J connectivity index is 1.59. The van der Waals surface area contributed by atoms with Crippen LogP contribution in [0.1, 0.15) is 23.7 Å². The lowest BCUT2D eigenvalue weighted by molar-refractivity contribution is -0.133. The molecule has 0 unspecified atom stereocenters. The summed E-state index contributed by atoms with van der Waals surface area (Å²) in [5.41, 5.74) is 2.58. The van der Waals surface area contributed by atoms with Crippen molar-refractivity contribution in [2.75, 3.05) is 0 Å². The molecule has 0 spiro atoms. The van der Waals surface area contributed by atoms with Gasteiger partial charge >= 0.3 is 0 Å². The lowest BCUT2D eigenvalue weighted by Gasteiger charge is -2.33. The predicted octanol–water partition coefficient (Wildman–Crippen LogP) is 4.27. The van der Waals surface area contributed by atoms with Crippen molar-refractivity contribution in [3.05, 3.63) is 76.7 Å². The largest absolute Gasteiger partial charge is 0.356 e. The number of carbonyl (C=O) groups is 1. The molecule has 1 aliphatic heterocycles. The molecule has 0 fully saturated rings. The van der Waals surface area contributed by atoms with Crippen LogP contribution in [0, 0.1) is 17.5 Å². The first-order chi connectivity index (χ1) is 13.4. The minimum atomic E-state index is -1.54. The molecule has 1 aromatic heterocycles. The van der Waals surface area contributed by atoms with E-state index in [2.05, 4.69) is 5.16 Å². The topological polar surface area (TPSA) is 46.3 Å². The van der Waals surface area contributed by atoms with E-state index in [0.29, 0.717) is 12.2 Å². The van der Waals surface area contributed by atoms with Crippen molar-refractivity contribution in [1.82, 2.24) is 10.1 Å². The number of fused-ring (bicyclic) bond motifs is 1. The Hall–Kier alpha value is -3.09. The van der Waals surface area contributed by atoms with E-state index in [1.54, 1.807) is 4.90 Å². The molecule has 0 N–H and O–H groups in total. The van der Waals surface area contributed by atoms with Gasteiger partial charge in [0.1, 0.15) is 0 Å². The summed E-state index contributed by atoms with van der Waals surface area (Å²) < 4.78 is 45.5. The molecular formula is C21H17F3N2O2. The predicted molar refractivity (Wildman–Crippen MR) is 95.7 cm³/mol. The summed E-state index contributed by atoms with van der Waals surface area (Å²) in [4.78, 5) is 14.4. The molecule has 0 saturated carbocycles. The third-order valence-electron chi connectivity index (χ3n) is 4.97. The average molecular weight is 386 g/mol. The lowest BCUT2D eigenvalue weighted by Crippen LogP contribution is -2.43. The number of rotatable bonds is 3. The molecule has 2 heterocycles. The molecule has 1 amide bonds. The maximum Gasteiger partial charge on any atom is 0.227 e. The maximum atomic E-state index is 13.4. The zero-order chi connectivity index (χ0) is 19.8. The van der Waals surface area contributed by atoms with Gasteiger partial charge in [-0.05, 0) is 24.6 Å². The van der Waals surface area contributed by atoms with E-state index in [9.17, 15) is 18.0 Å². The highest BCUT2D eigenvalue weighted by Gasteiger charge is 2.32. The fraction of sp³-hybridized carbons (Fsp3) is 0.238. The highest BCUT2D eigenvalue weighted by atomic mass is 19.2. The van der Waals surface area contributed by atoms with Gasteiger partial charge < -0.3 is 9.42 Å². The lowest BCUT2D eigenvalue weighted by atomic mass is 9.96. The smallest absolute Gasteiger partial charge is 0.227 e. The zero-order valence-electron chi connectivity index (χ0n) is 15.1. The van der Waals surface area contributed by atoms with E-state index < -0.39 is 17.5 Å². The molecule has 1 aliphatic rings. The number of halogens is 3. The minimum Gasteiger partial charge on any atom is -0.356 e. The van der Waals surface area contributed by atoms with Crippen molar-refractivity contribution < 1.29 is 22.5 Å². The average Bonchev–Trinajstić information content (AvgIpc) is 3.08. The van der Waals surface area contributed by atoms with Crippen LogP contribution < -0.4 is 0 Å². The molecule has 4 nitrogen and oxygen atoms in total. The van der Waals surface area contributed by atoms with Gasteiger partial charge in [-0.15, -0.1) is 0 Å². The zero-order valence-corrected chi connectivity index (χ0v) is 15.1. The molecule has 0 bridgehead atoms. The van der Waals surface area contributed by atoms with Gasteiger partial charge in [-0.2, -0.15) is 0 Å². The van der Waals surface area contributed by atoms with Crippen LogP contribution in [0.3, 0.4) is 0 Å². The van der Waals surface area contributed by atoms with Gasteiger partial charge in [-0.25, -0.2) is 13.2 Å². The van der Waals surface area contributed by atoms with Crippen LogP contribution >= 0.6 is 0 Å². The number of hydrogen-bond acceptors (Lipinski definition) is 3. The Morgan fingerprint density at radius 2 is 1.86 bits per heavy atom. The molecule has 0 radical (unpaired) electrons. The number of nitrogens with zero attached hydrogens (tertiary/aromatic N) is 2. The van der Waals surface area contributed by atoms with Crippen LogP contribution in [0.4, 0.5) is 13.2 Å². The summed E-state index contributed by atoms with van der Waals surface area (Å²) in [6, 6.07) is 11.0. The van der Waals surface area contributed by atoms with E-state index in [1.165, 1.54) is 0 Å². The summed E-state index contributed by atoms with van der Waals surface area (Å²) in [6.07, 6.45) is 0.295. The quantitative estimate of drug-likeness (QED) is 0.632. The second-order valence-electron chi connectivity index (χ2n) is 6.93. The van der Waals surface area contributed by atoms with E-state index in [1.807, 2.05) is 37.3 Å². The molecule has 28 heavy (non-hydrogen) atoms. The molecular weight excluding hydrogens is 369 g/mol. The van der Waals surface area contributed by atoms with Gasteiger partial charge in [0, 0.05) is 23.6 Å². The Morgan fingerprint density at radius 1 is 1.18 bits per heavy atom. The van der Waals surface area contributed by atoms with Gasteiger partial charge in [0.25, 0.3) is 0 Å². The molecule has 0 saturated heterocycles. The van der Waals surface area contributed by atoms with Gasteiger partial charge in [0.2, 0.25) is 5.91 Å². The fourth-order valence-electron chi connectivity index (χ4n) is 3.52. The molecule has 0 aliphatic carbocycles. The van der Waals surface area contributed by atoms with Gasteiger partial charge in [0.15, 0.2) is 23.2 Å². The van der Waals surface area contributed by atoms with Crippen LogP contribution in [-0.2, 0) is 24.2 Å². The molecule has 2 aromatic carbocycles. The van der Waals surface area contributed by atoms with Gasteiger partial charge in [-0.3, -0.25) is 4.79 Å². The summed E-state index contributed by atoms with van der Waals surface area (Å²) in [7, 11) is 0.